The van der Waals surface area contributed by atoms with E-state index >= 15 is 0 Å². The Bertz CT molecular complexity index is 756. The minimum Gasteiger partial charge on any atom is -0.370 e. The molecule has 0 amide bonds. The number of para-hydroxylation sites is 1. The van der Waals surface area contributed by atoms with Gasteiger partial charge < -0.3 is 11.1 Å². The Labute approximate surface area is 136 Å². The molecule has 0 aliphatic rings. The molecule has 23 heavy (non-hydrogen) atoms. The van der Waals surface area contributed by atoms with Gasteiger partial charge in [0.15, 0.2) is 5.96 Å². The summed E-state index contributed by atoms with van der Waals surface area (Å²) >= 11 is 0. The number of guanidine groups is 1. The lowest BCUT2D eigenvalue weighted by molar-refractivity contribution is 0.584. The Kier molecular flexibility index (Phi) is 5.72. The molecule has 4 N–H and O–H groups in total. The summed E-state index contributed by atoms with van der Waals surface area (Å²) < 4.78 is 26.1. The summed E-state index contributed by atoms with van der Waals surface area (Å²) in [7, 11) is -3.42. The van der Waals surface area contributed by atoms with Crippen LogP contribution in [-0.4, -0.2) is 20.9 Å². The Morgan fingerprint density at radius 1 is 1.09 bits per heavy atom. The first-order valence-electron chi connectivity index (χ1n) is 7.22. The van der Waals surface area contributed by atoms with E-state index in [1.54, 1.807) is 31.2 Å². The maximum absolute atomic E-state index is 11.8. The summed E-state index contributed by atoms with van der Waals surface area (Å²) in [6, 6.07) is 16.1. The van der Waals surface area contributed by atoms with Crippen LogP contribution in [0.25, 0.3) is 0 Å². The monoisotopic (exact) mass is 332 g/mol. The standard InChI is InChI=1S/C16H20N4O2S/c1-2-19-23(21,22)15-10-8-13(9-11-15)12-18-16(17)20-14-6-4-3-5-7-14/h3-11,19H,2,12H2,1H3,(H3,17,18,20). The van der Waals surface area contributed by atoms with Crippen molar-refractivity contribution in [3.8, 4) is 0 Å². The average Bonchev–Trinajstić information content (AvgIpc) is 2.54. The third kappa shape index (κ3) is 5.08. The molecule has 0 bridgehead atoms. The van der Waals surface area contributed by atoms with Gasteiger partial charge >= 0.3 is 0 Å². The topological polar surface area (TPSA) is 96.6 Å². The van der Waals surface area contributed by atoms with Crippen molar-refractivity contribution in [1.29, 1.82) is 0 Å². The fourth-order valence-electron chi connectivity index (χ4n) is 1.93. The summed E-state index contributed by atoms with van der Waals surface area (Å²) in [4.78, 5) is 4.47. The van der Waals surface area contributed by atoms with E-state index in [1.165, 1.54) is 0 Å². The summed E-state index contributed by atoms with van der Waals surface area (Å²) in [5, 5.41) is 2.99. The highest BCUT2D eigenvalue weighted by Crippen LogP contribution is 2.11. The van der Waals surface area contributed by atoms with Crippen molar-refractivity contribution < 1.29 is 8.42 Å². The van der Waals surface area contributed by atoms with E-state index in [1.807, 2.05) is 30.3 Å². The smallest absolute Gasteiger partial charge is 0.240 e. The van der Waals surface area contributed by atoms with Crippen LogP contribution in [-0.2, 0) is 16.6 Å². The Morgan fingerprint density at radius 3 is 2.35 bits per heavy atom. The largest absolute Gasteiger partial charge is 0.370 e. The average molecular weight is 332 g/mol. The lowest BCUT2D eigenvalue weighted by Crippen LogP contribution is -2.23. The molecule has 0 radical (unpaired) electrons. The zero-order chi connectivity index (χ0) is 16.7. The van der Waals surface area contributed by atoms with Crippen molar-refractivity contribution >= 4 is 21.7 Å². The first-order valence-corrected chi connectivity index (χ1v) is 8.70. The molecule has 0 heterocycles. The van der Waals surface area contributed by atoms with Crippen molar-refractivity contribution in [2.45, 2.75) is 18.4 Å². The molecule has 0 fully saturated rings. The third-order valence-electron chi connectivity index (χ3n) is 3.05. The summed E-state index contributed by atoms with van der Waals surface area (Å²) in [6.07, 6.45) is 0. The first kappa shape index (κ1) is 17.0. The molecule has 0 atom stereocenters. The third-order valence-corrected chi connectivity index (χ3v) is 4.61. The SMILES string of the molecule is CCNS(=O)(=O)c1ccc(CN=C(N)Nc2ccccc2)cc1. The number of nitrogens with zero attached hydrogens (tertiary/aromatic N) is 1. The molecule has 0 aromatic heterocycles. The second-order valence-corrected chi connectivity index (χ2v) is 6.60. The van der Waals surface area contributed by atoms with Gasteiger partial charge in [0.25, 0.3) is 0 Å². The molecule has 2 rings (SSSR count). The fourth-order valence-corrected chi connectivity index (χ4v) is 2.97. The summed E-state index contributed by atoms with van der Waals surface area (Å²) in [5.41, 5.74) is 7.56. The van der Waals surface area contributed by atoms with Gasteiger partial charge in [0.1, 0.15) is 0 Å². The minimum atomic E-state index is -3.42. The molecule has 2 aromatic rings. The van der Waals surface area contributed by atoms with Gasteiger partial charge in [-0.05, 0) is 29.8 Å². The Hall–Kier alpha value is -2.38. The van der Waals surface area contributed by atoms with Crippen molar-refractivity contribution in [3.05, 3.63) is 60.2 Å². The van der Waals surface area contributed by atoms with Gasteiger partial charge in [-0.15, -0.1) is 0 Å². The number of nitrogens with two attached hydrogens (primary N) is 1. The van der Waals surface area contributed by atoms with Crippen LogP contribution in [0.2, 0.25) is 0 Å². The zero-order valence-electron chi connectivity index (χ0n) is 12.9. The van der Waals surface area contributed by atoms with Gasteiger partial charge in [0, 0.05) is 12.2 Å². The van der Waals surface area contributed by atoms with Gasteiger partial charge in [-0.3, -0.25) is 0 Å². The van der Waals surface area contributed by atoms with Gasteiger partial charge in [-0.25, -0.2) is 18.1 Å². The van der Waals surface area contributed by atoms with Crippen LogP contribution in [0.4, 0.5) is 5.69 Å². The molecule has 6 nitrogen and oxygen atoms in total. The quantitative estimate of drug-likeness (QED) is 0.556. The molecule has 2 aromatic carbocycles. The van der Waals surface area contributed by atoms with Crippen molar-refractivity contribution in [3.63, 3.8) is 0 Å². The predicted octanol–water partition coefficient (Wildman–Crippen LogP) is 1.91. The van der Waals surface area contributed by atoms with Crippen LogP contribution in [0.3, 0.4) is 0 Å². The predicted molar refractivity (Wildman–Crippen MR) is 92.7 cm³/mol. The van der Waals surface area contributed by atoms with Gasteiger partial charge in [-0.1, -0.05) is 37.3 Å². The highest BCUT2D eigenvalue weighted by atomic mass is 32.2. The molecule has 0 saturated carbocycles. The number of aliphatic imine (C=N–C) groups is 1. The maximum atomic E-state index is 11.8. The molecule has 0 saturated heterocycles. The first-order chi connectivity index (χ1) is 11.0. The normalized spacial score (nSPS) is 12.1. The van der Waals surface area contributed by atoms with Gasteiger partial charge in [0.05, 0.1) is 11.4 Å². The molecule has 122 valence electrons. The number of hydrogen-bond donors (Lipinski definition) is 3. The number of nitrogens with one attached hydrogen (secondary N) is 2. The van der Waals surface area contributed by atoms with Crippen LogP contribution >= 0.6 is 0 Å². The Morgan fingerprint density at radius 2 is 1.74 bits per heavy atom. The summed E-state index contributed by atoms with van der Waals surface area (Å²) in [6.45, 7) is 2.46. The minimum absolute atomic E-state index is 0.238. The Balaban J connectivity index is 1.99. The highest BCUT2D eigenvalue weighted by Gasteiger charge is 2.11. The molecule has 0 aliphatic carbocycles. The van der Waals surface area contributed by atoms with E-state index in [4.69, 9.17) is 5.73 Å². The van der Waals surface area contributed by atoms with Crippen LogP contribution in [0.5, 0.6) is 0 Å². The van der Waals surface area contributed by atoms with Crippen LogP contribution in [0.1, 0.15) is 12.5 Å². The van der Waals surface area contributed by atoms with Crippen LogP contribution in [0.15, 0.2) is 64.5 Å². The molecular formula is C16H20N4O2S. The number of benzene rings is 2. The summed E-state index contributed by atoms with van der Waals surface area (Å²) in [5.74, 6) is 0.306. The number of sulfonamides is 1. The molecule has 0 spiro atoms. The van der Waals surface area contributed by atoms with E-state index in [9.17, 15) is 8.42 Å². The van der Waals surface area contributed by atoms with E-state index < -0.39 is 10.0 Å². The van der Waals surface area contributed by atoms with E-state index in [2.05, 4.69) is 15.0 Å². The zero-order valence-corrected chi connectivity index (χ0v) is 13.7. The fraction of sp³-hybridized carbons (Fsp3) is 0.188. The second kappa shape index (κ2) is 7.75. The lowest BCUT2D eigenvalue weighted by Gasteiger charge is -2.06. The highest BCUT2D eigenvalue weighted by molar-refractivity contribution is 7.89. The number of hydrogen-bond acceptors (Lipinski definition) is 3. The molecule has 0 aliphatic heterocycles. The van der Waals surface area contributed by atoms with Crippen molar-refractivity contribution in [2.75, 3.05) is 11.9 Å². The molecular weight excluding hydrogens is 312 g/mol. The van der Waals surface area contributed by atoms with E-state index in [0.29, 0.717) is 19.0 Å². The van der Waals surface area contributed by atoms with E-state index in [0.717, 1.165) is 11.3 Å². The molecule has 0 unspecified atom stereocenters. The van der Waals surface area contributed by atoms with Gasteiger partial charge in [0.2, 0.25) is 10.0 Å². The second-order valence-electron chi connectivity index (χ2n) is 4.84. The van der Waals surface area contributed by atoms with Crippen molar-refractivity contribution in [1.82, 2.24) is 4.72 Å². The number of rotatable bonds is 6. The maximum Gasteiger partial charge on any atom is 0.240 e. The van der Waals surface area contributed by atoms with Gasteiger partial charge in [-0.2, -0.15) is 0 Å². The lowest BCUT2D eigenvalue weighted by atomic mass is 10.2. The van der Waals surface area contributed by atoms with Crippen LogP contribution < -0.4 is 15.8 Å². The number of anilines is 1. The van der Waals surface area contributed by atoms with Crippen molar-refractivity contribution in [2.24, 2.45) is 10.7 Å². The van der Waals surface area contributed by atoms with E-state index in [-0.39, 0.29) is 4.90 Å². The van der Waals surface area contributed by atoms with Crippen LogP contribution in [0, 0.1) is 0 Å². The molecule has 7 heteroatoms.